The number of amides is 1. The van der Waals surface area contributed by atoms with E-state index in [4.69, 9.17) is 5.11 Å². The fourth-order valence-electron chi connectivity index (χ4n) is 1.36. The van der Waals surface area contributed by atoms with Gasteiger partial charge in [0.25, 0.3) is 5.91 Å². The molecule has 1 atom stereocenters. The van der Waals surface area contributed by atoms with Crippen LogP contribution in [0.3, 0.4) is 0 Å². The average Bonchev–Trinajstić information content (AvgIpc) is 2.87. The molecular weight excluding hydrogens is 200 g/mol. The molecule has 0 spiro atoms. The first-order valence-electron chi connectivity index (χ1n) is 4.63. The molecule has 1 unspecified atom stereocenters. The van der Waals surface area contributed by atoms with Crippen LogP contribution in [0.25, 0.3) is 0 Å². The van der Waals surface area contributed by atoms with Gasteiger partial charge in [0.15, 0.2) is 0 Å². The van der Waals surface area contributed by atoms with E-state index in [9.17, 15) is 9.59 Å². The van der Waals surface area contributed by atoms with E-state index >= 15 is 0 Å². The first kappa shape index (κ1) is 9.70. The molecule has 1 aromatic rings. The molecule has 0 radical (unpaired) electrons. The predicted octanol–water partition coefficient (Wildman–Crippen LogP) is 0.268. The smallest absolute Gasteiger partial charge is 0.326 e. The second kappa shape index (κ2) is 3.72. The highest BCUT2D eigenvalue weighted by molar-refractivity contribution is 5.94. The van der Waals surface area contributed by atoms with Crippen molar-refractivity contribution >= 4 is 11.9 Å². The van der Waals surface area contributed by atoms with Gasteiger partial charge in [0.1, 0.15) is 6.04 Å². The van der Waals surface area contributed by atoms with Gasteiger partial charge in [0.2, 0.25) is 5.76 Å². The van der Waals surface area contributed by atoms with E-state index in [-0.39, 0.29) is 11.7 Å². The number of hydrogen-bond acceptors (Lipinski definition) is 4. The number of carbonyl (C=O) groups is 2. The molecule has 1 heterocycles. The molecular formula is C9H10N2O4. The van der Waals surface area contributed by atoms with Crippen LogP contribution in [-0.2, 0) is 4.79 Å². The molecule has 80 valence electrons. The lowest BCUT2D eigenvalue weighted by Gasteiger charge is -2.11. The Morgan fingerprint density at radius 3 is 2.80 bits per heavy atom. The summed E-state index contributed by atoms with van der Waals surface area (Å²) in [6.45, 7) is 0. The zero-order chi connectivity index (χ0) is 10.8. The average molecular weight is 210 g/mol. The lowest BCUT2D eigenvalue weighted by Crippen LogP contribution is -2.42. The number of carboxylic acid groups (broad SMARTS) is 1. The van der Waals surface area contributed by atoms with Crippen LogP contribution >= 0.6 is 0 Å². The van der Waals surface area contributed by atoms with Gasteiger partial charge in [-0.1, -0.05) is 5.16 Å². The molecule has 0 aromatic carbocycles. The van der Waals surface area contributed by atoms with Crippen molar-refractivity contribution in [2.24, 2.45) is 5.92 Å². The number of aromatic nitrogens is 1. The maximum atomic E-state index is 11.4. The molecule has 6 nitrogen and oxygen atoms in total. The normalized spacial score (nSPS) is 17.1. The quantitative estimate of drug-likeness (QED) is 0.743. The van der Waals surface area contributed by atoms with E-state index in [1.165, 1.54) is 12.3 Å². The molecule has 15 heavy (non-hydrogen) atoms. The highest BCUT2D eigenvalue weighted by Gasteiger charge is 2.37. The minimum Gasteiger partial charge on any atom is -0.480 e. The van der Waals surface area contributed by atoms with Gasteiger partial charge in [-0.05, 0) is 18.8 Å². The molecule has 2 rings (SSSR count). The van der Waals surface area contributed by atoms with Crippen LogP contribution in [0.5, 0.6) is 0 Å². The van der Waals surface area contributed by atoms with E-state index in [2.05, 4.69) is 15.0 Å². The van der Waals surface area contributed by atoms with Gasteiger partial charge >= 0.3 is 5.97 Å². The molecule has 1 aromatic heterocycles. The summed E-state index contributed by atoms with van der Waals surface area (Å²) in [6.07, 6.45) is 3.02. The van der Waals surface area contributed by atoms with Crippen molar-refractivity contribution in [1.29, 1.82) is 0 Å². The van der Waals surface area contributed by atoms with Crippen molar-refractivity contribution in [3.05, 3.63) is 18.0 Å². The molecule has 0 aliphatic heterocycles. The summed E-state index contributed by atoms with van der Waals surface area (Å²) >= 11 is 0. The van der Waals surface area contributed by atoms with Gasteiger partial charge in [-0.15, -0.1) is 0 Å². The van der Waals surface area contributed by atoms with Crippen LogP contribution in [0.15, 0.2) is 16.8 Å². The number of hydrogen-bond donors (Lipinski definition) is 2. The largest absolute Gasteiger partial charge is 0.480 e. The summed E-state index contributed by atoms with van der Waals surface area (Å²) in [5.41, 5.74) is 0. The number of carbonyl (C=O) groups excluding carboxylic acids is 1. The standard InChI is InChI=1S/C9H10N2O4/c12-8(6-3-4-10-15-6)11-7(9(13)14)5-1-2-5/h3-5,7H,1-2H2,(H,11,12)(H,13,14). The SMILES string of the molecule is O=C(NC(C(=O)O)C1CC1)c1ccno1. The van der Waals surface area contributed by atoms with Crippen molar-refractivity contribution in [2.75, 3.05) is 0 Å². The summed E-state index contributed by atoms with van der Waals surface area (Å²) in [5, 5.41) is 14.7. The third-order valence-corrected chi connectivity index (χ3v) is 2.31. The van der Waals surface area contributed by atoms with E-state index in [1.807, 2.05) is 0 Å². The summed E-state index contributed by atoms with van der Waals surface area (Å²) in [4.78, 5) is 22.3. The minimum atomic E-state index is -1.01. The third kappa shape index (κ3) is 2.15. The van der Waals surface area contributed by atoms with Gasteiger partial charge in [-0.3, -0.25) is 4.79 Å². The number of carboxylic acids is 1. The van der Waals surface area contributed by atoms with Gasteiger partial charge < -0.3 is 14.9 Å². The van der Waals surface area contributed by atoms with Gasteiger partial charge in [0, 0.05) is 6.07 Å². The number of nitrogens with one attached hydrogen (secondary N) is 1. The predicted molar refractivity (Wildman–Crippen MR) is 48.1 cm³/mol. The van der Waals surface area contributed by atoms with Crippen molar-refractivity contribution in [2.45, 2.75) is 18.9 Å². The van der Waals surface area contributed by atoms with Gasteiger partial charge in [0.05, 0.1) is 6.20 Å². The van der Waals surface area contributed by atoms with Crippen LogP contribution < -0.4 is 5.32 Å². The van der Waals surface area contributed by atoms with Crippen LogP contribution in [0, 0.1) is 5.92 Å². The Balaban J connectivity index is 2.00. The number of nitrogens with zero attached hydrogens (tertiary/aromatic N) is 1. The molecule has 1 saturated carbocycles. The minimum absolute atomic E-state index is 0.0295. The van der Waals surface area contributed by atoms with Crippen LogP contribution in [0.1, 0.15) is 23.4 Å². The topological polar surface area (TPSA) is 92.4 Å². The molecule has 1 amide bonds. The second-order valence-electron chi connectivity index (χ2n) is 3.50. The monoisotopic (exact) mass is 210 g/mol. The Hall–Kier alpha value is -1.85. The second-order valence-corrected chi connectivity index (χ2v) is 3.50. The Morgan fingerprint density at radius 1 is 1.60 bits per heavy atom. The van der Waals surface area contributed by atoms with Crippen molar-refractivity contribution in [3.63, 3.8) is 0 Å². The lowest BCUT2D eigenvalue weighted by atomic mass is 10.2. The zero-order valence-electron chi connectivity index (χ0n) is 7.84. The van der Waals surface area contributed by atoms with E-state index in [0.717, 1.165) is 12.8 Å². The molecule has 0 bridgehead atoms. The van der Waals surface area contributed by atoms with Crippen LogP contribution in [-0.4, -0.2) is 28.2 Å². The Labute approximate surface area is 85.2 Å². The Morgan fingerprint density at radius 2 is 2.33 bits per heavy atom. The van der Waals surface area contributed by atoms with Crippen LogP contribution in [0.4, 0.5) is 0 Å². The number of rotatable bonds is 4. The zero-order valence-corrected chi connectivity index (χ0v) is 7.84. The molecule has 1 fully saturated rings. The van der Waals surface area contributed by atoms with E-state index in [1.54, 1.807) is 0 Å². The highest BCUT2D eigenvalue weighted by Crippen LogP contribution is 2.32. The van der Waals surface area contributed by atoms with Gasteiger partial charge in [-0.25, -0.2) is 4.79 Å². The summed E-state index contributed by atoms with van der Waals surface area (Å²) in [6, 6.07) is 0.573. The van der Waals surface area contributed by atoms with Gasteiger partial charge in [-0.2, -0.15) is 0 Å². The maximum absolute atomic E-state index is 11.4. The summed E-state index contributed by atoms with van der Waals surface area (Å²) < 4.78 is 4.62. The van der Waals surface area contributed by atoms with Crippen molar-refractivity contribution < 1.29 is 19.2 Å². The molecule has 0 saturated heterocycles. The summed E-state index contributed by atoms with van der Waals surface area (Å²) in [7, 11) is 0. The Kier molecular flexibility index (Phi) is 2.40. The fourth-order valence-corrected chi connectivity index (χ4v) is 1.36. The van der Waals surface area contributed by atoms with Crippen molar-refractivity contribution in [1.82, 2.24) is 10.5 Å². The molecule has 6 heteroatoms. The highest BCUT2D eigenvalue weighted by atomic mass is 16.5. The Bertz CT molecular complexity index is 369. The number of aliphatic carboxylic acids is 1. The molecule has 1 aliphatic carbocycles. The fraction of sp³-hybridized carbons (Fsp3) is 0.444. The first-order chi connectivity index (χ1) is 7.18. The van der Waals surface area contributed by atoms with Crippen LogP contribution in [0.2, 0.25) is 0 Å². The summed E-state index contributed by atoms with van der Waals surface area (Å²) in [5.74, 6) is -1.46. The van der Waals surface area contributed by atoms with E-state index in [0.29, 0.717) is 0 Å². The molecule has 1 aliphatic rings. The lowest BCUT2D eigenvalue weighted by molar-refractivity contribution is -0.139. The third-order valence-electron chi connectivity index (χ3n) is 2.31. The molecule has 2 N–H and O–H groups in total. The van der Waals surface area contributed by atoms with E-state index < -0.39 is 17.9 Å². The first-order valence-corrected chi connectivity index (χ1v) is 4.63. The maximum Gasteiger partial charge on any atom is 0.326 e. The van der Waals surface area contributed by atoms with Crippen molar-refractivity contribution in [3.8, 4) is 0 Å².